The Balaban J connectivity index is 1.46. The summed E-state index contributed by atoms with van der Waals surface area (Å²) in [5.74, 6) is 1.01. The molecule has 0 N–H and O–H groups in total. The Bertz CT molecular complexity index is 545. The van der Waals surface area contributed by atoms with Gasteiger partial charge in [-0.1, -0.05) is 24.3 Å². The van der Waals surface area contributed by atoms with E-state index in [-0.39, 0.29) is 0 Å². The fourth-order valence-corrected chi connectivity index (χ4v) is 3.24. The highest BCUT2D eigenvalue weighted by Crippen LogP contribution is 2.40. The molecule has 1 aliphatic carbocycles. The van der Waals surface area contributed by atoms with Crippen molar-refractivity contribution in [2.75, 3.05) is 19.4 Å². The first-order chi connectivity index (χ1) is 9.01. The van der Waals surface area contributed by atoms with Crippen molar-refractivity contribution >= 4 is 10.1 Å². The molecule has 0 unspecified atom stereocenters. The van der Waals surface area contributed by atoms with E-state index in [0.29, 0.717) is 18.4 Å². The Morgan fingerprint density at radius 3 is 2.42 bits per heavy atom. The molecule has 1 aliphatic heterocycles. The van der Waals surface area contributed by atoms with Crippen molar-refractivity contribution in [3.8, 4) is 0 Å². The third kappa shape index (κ3) is 3.35. The summed E-state index contributed by atoms with van der Waals surface area (Å²) in [6.07, 6.45) is 2.20. The maximum absolute atomic E-state index is 10.9. The molecule has 0 aromatic heterocycles. The quantitative estimate of drug-likeness (QED) is 0.769. The maximum Gasteiger partial charge on any atom is 0.264 e. The maximum atomic E-state index is 10.9. The van der Waals surface area contributed by atoms with Crippen molar-refractivity contribution in [2.45, 2.75) is 19.5 Å². The van der Waals surface area contributed by atoms with Gasteiger partial charge >= 0.3 is 0 Å². The van der Waals surface area contributed by atoms with Crippen molar-refractivity contribution in [3.05, 3.63) is 35.4 Å². The summed E-state index contributed by atoms with van der Waals surface area (Å²) in [7, 11) is -3.29. The van der Waals surface area contributed by atoms with E-state index < -0.39 is 10.1 Å². The summed E-state index contributed by atoms with van der Waals surface area (Å²) in [5, 5.41) is 0. The monoisotopic (exact) mass is 281 g/mol. The lowest BCUT2D eigenvalue weighted by molar-refractivity contribution is 0.248. The lowest BCUT2D eigenvalue weighted by Gasteiger charge is -2.14. The molecule has 0 radical (unpaired) electrons. The first kappa shape index (κ1) is 13.1. The molecule has 0 spiro atoms. The summed E-state index contributed by atoms with van der Waals surface area (Å²) < 4.78 is 26.7. The average molecular weight is 281 g/mol. The summed E-state index contributed by atoms with van der Waals surface area (Å²) in [6.45, 7) is 3.44. The second kappa shape index (κ2) is 4.89. The van der Waals surface area contributed by atoms with Gasteiger partial charge in [-0.3, -0.25) is 9.08 Å². The Morgan fingerprint density at radius 1 is 1.21 bits per heavy atom. The van der Waals surface area contributed by atoms with Gasteiger partial charge in [0.05, 0.1) is 12.9 Å². The van der Waals surface area contributed by atoms with E-state index in [1.165, 1.54) is 11.1 Å². The zero-order valence-corrected chi connectivity index (χ0v) is 11.9. The largest absolute Gasteiger partial charge is 0.295 e. The van der Waals surface area contributed by atoms with Gasteiger partial charge in [0.1, 0.15) is 0 Å². The molecule has 104 valence electrons. The zero-order valence-electron chi connectivity index (χ0n) is 11.1. The van der Waals surface area contributed by atoms with Gasteiger partial charge in [0.15, 0.2) is 0 Å². The molecule has 2 atom stereocenters. The van der Waals surface area contributed by atoms with E-state index >= 15 is 0 Å². The SMILES string of the molecule is CS(=O)(=O)OC[C@@H]1C[C@@H]1CN1Cc2ccccc2C1. The molecule has 0 saturated heterocycles. The van der Waals surface area contributed by atoms with Crippen LogP contribution in [0.5, 0.6) is 0 Å². The Kier molecular flexibility index (Phi) is 3.37. The van der Waals surface area contributed by atoms with Crippen molar-refractivity contribution in [1.82, 2.24) is 4.90 Å². The van der Waals surface area contributed by atoms with Crippen LogP contribution in [0.3, 0.4) is 0 Å². The molecule has 19 heavy (non-hydrogen) atoms. The summed E-state index contributed by atoms with van der Waals surface area (Å²) in [6, 6.07) is 8.55. The van der Waals surface area contributed by atoms with Gasteiger partial charge in [-0.25, -0.2) is 0 Å². The van der Waals surface area contributed by atoms with Crippen molar-refractivity contribution in [2.24, 2.45) is 11.8 Å². The van der Waals surface area contributed by atoms with Gasteiger partial charge in [0.2, 0.25) is 0 Å². The van der Waals surface area contributed by atoms with Crippen molar-refractivity contribution < 1.29 is 12.6 Å². The van der Waals surface area contributed by atoms with Gasteiger partial charge in [-0.05, 0) is 29.4 Å². The molecule has 1 heterocycles. The minimum absolute atomic E-state index is 0.351. The normalized spacial score (nSPS) is 26.4. The van der Waals surface area contributed by atoms with E-state index in [2.05, 4.69) is 29.2 Å². The molecule has 1 aromatic carbocycles. The summed E-state index contributed by atoms with van der Waals surface area (Å²) in [4.78, 5) is 2.44. The van der Waals surface area contributed by atoms with Gasteiger partial charge < -0.3 is 0 Å². The Labute approximate surface area is 114 Å². The average Bonchev–Trinajstić information content (AvgIpc) is 2.93. The molecule has 1 saturated carbocycles. The minimum atomic E-state index is -3.29. The number of hydrogen-bond acceptors (Lipinski definition) is 4. The van der Waals surface area contributed by atoms with Crippen LogP contribution in [0.4, 0.5) is 0 Å². The molecule has 0 bridgehead atoms. The number of benzene rings is 1. The van der Waals surface area contributed by atoms with Gasteiger partial charge in [0, 0.05) is 19.6 Å². The number of rotatable bonds is 5. The van der Waals surface area contributed by atoms with Crippen LogP contribution in [-0.2, 0) is 27.4 Å². The topological polar surface area (TPSA) is 46.6 Å². The lowest BCUT2D eigenvalue weighted by Crippen LogP contribution is -2.20. The second-order valence-electron chi connectivity index (χ2n) is 5.68. The standard InChI is InChI=1S/C14H19NO3S/c1-19(16,17)18-10-14-6-13(14)9-15-7-11-4-2-3-5-12(11)8-15/h2-5,13-14H,6-10H2,1H3/t13-,14+/m1/s1. The van der Waals surface area contributed by atoms with Crippen molar-refractivity contribution in [1.29, 1.82) is 0 Å². The highest BCUT2D eigenvalue weighted by atomic mass is 32.2. The van der Waals surface area contributed by atoms with Crippen LogP contribution in [-0.4, -0.2) is 32.7 Å². The van der Waals surface area contributed by atoms with E-state index in [1.54, 1.807) is 0 Å². The first-order valence-electron chi connectivity index (χ1n) is 6.65. The molecule has 2 aliphatic rings. The van der Waals surface area contributed by atoms with Crippen LogP contribution < -0.4 is 0 Å². The summed E-state index contributed by atoms with van der Waals surface area (Å²) in [5.41, 5.74) is 2.85. The van der Waals surface area contributed by atoms with Gasteiger partial charge in [-0.15, -0.1) is 0 Å². The fourth-order valence-electron chi connectivity index (χ4n) is 2.81. The van der Waals surface area contributed by atoms with E-state index in [4.69, 9.17) is 4.18 Å². The minimum Gasteiger partial charge on any atom is -0.295 e. The zero-order chi connectivity index (χ0) is 13.5. The van der Waals surface area contributed by atoms with Gasteiger partial charge in [0.25, 0.3) is 10.1 Å². The van der Waals surface area contributed by atoms with Crippen LogP contribution >= 0.6 is 0 Å². The molecule has 3 rings (SSSR count). The Hall–Kier alpha value is -0.910. The van der Waals surface area contributed by atoms with E-state index in [1.807, 2.05) is 0 Å². The highest BCUT2D eigenvalue weighted by molar-refractivity contribution is 7.85. The fraction of sp³-hybridized carbons (Fsp3) is 0.571. The smallest absolute Gasteiger partial charge is 0.264 e. The van der Waals surface area contributed by atoms with Crippen LogP contribution in [0.15, 0.2) is 24.3 Å². The molecule has 5 heteroatoms. The molecule has 1 fully saturated rings. The van der Waals surface area contributed by atoms with Crippen LogP contribution in [0.2, 0.25) is 0 Å². The van der Waals surface area contributed by atoms with Gasteiger partial charge in [-0.2, -0.15) is 8.42 Å². The first-order valence-corrected chi connectivity index (χ1v) is 8.46. The van der Waals surface area contributed by atoms with E-state index in [9.17, 15) is 8.42 Å². The predicted octanol–water partition coefficient (Wildman–Crippen LogP) is 1.61. The van der Waals surface area contributed by atoms with Crippen molar-refractivity contribution in [3.63, 3.8) is 0 Å². The lowest BCUT2D eigenvalue weighted by atomic mass is 10.1. The number of nitrogens with zero attached hydrogens (tertiary/aromatic N) is 1. The number of hydrogen-bond donors (Lipinski definition) is 0. The van der Waals surface area contributed by atoms with Crippen LogP contribution in [0.1, 0.15) is 17.5 Å². The predicted molar refractivity (Wildman–Crippen MR) is 72.9 cm³/mol. The third-order valence-corrected chi connectivity index (χ3v) is 4.53. The van der Waals surface area contributed by atoms with Crippen LogP contribution in [0.25, 0.3) is 0 Å². The second-order valence-corrected chi connectivity index (χ2v) is 7.33. The third-order valence-electron chi connectivity index (χ3n) is 3.96. The molecular formula is C14H19NO3S. The van der Waals surface area contributed by atoms with Crippen LogP contribution in [0, 0.1) is 11.8 Å². The molecule has 1 aromatic rings. The highest BCUT2D eigenvalue weighted by Gasteiger charge is 2.39. The van der Waals surface area contributed by atoms with E-state index in [0.717, 1.165) is 32.3 Å². The molecule has 0 amide bonds. The Morgan fingerprint density at radius 2 is 1.84 bits per heavy atom. The molecular weight excluding hydrogens is 262 g/mol. The summed E-state index contributed by atoms with van der Waals surface area (Å²) >= 11 is 0. The molecule has 4 nitrogen and oxygen atoms in total. The number of fused-ring (bicyclic) bond motifs is 1.